The highest BCUT2D eigenvalue weighted by molar-refractivity contribution is 5.89. The van der Waals surface area contributed by atoms with Crippen molar-refractivity contribution in [3.63, 3.8) is 0 Å². The van der Waals surface area contributed by atoms with Gasteiger partial charge < -0.3 is 10.6 Å². The Morgan fingerprint density at radius 1 is 1.17 bits per heavy atom. The zero-order chi connectivity index (χ0) is 9.72. The summed E-state index contributed by atoms with van der Waals surface area (Å²) in [5.74, 6) is -0.188. The minimum absolute atomic E-state index is 0.0355. The first-order valence-corrected chi connectivity index (χ1v) is 3.97. The number of carbonyl (C=O) groups is 2. The lowest BCUT2D eigenvalue weighted by atomic mass is 10.2. The van der Waals surface area contributed by atoms with Crippen molar-refractivity contribution in [1.29, 1.82) is 0 Å². The lowest BCUT2D eigenvalue weighted by Gasteiger charge is -2.14. The van der Waals surface area contributed by atoms with Crippen molar-refractivity contribution in [2.75, 3.05) is 7.05 Å². The highest BCUT2D eigenvalue weighted by Crippen LogP contribution is 1.86. The Balaban J connectivity index is 3.92. The molecule has 0 aromatic heterocycles. The molecular formula is C8H16N2O2. The van der Waals surface area contributed by atoms with E-state index in [1.807, 2.05) is 0 Å². The van der Waals surface area contributed by atoms with Gasteiger partial charge >= 0.3 is 0 Å². The van der Waals surface area contributed by atoms with Crippen LogP contribution in [-0.4, -0.2) is 30.8 Å². The van der Waals surface area contributed by atoms with E-state index in [9.17, 15) is 9.59 Å². The monoisotopic (exact) mass is 172 g/mol. The van der Waals surface area contributed by atoms with Crippen LogP contribution in [0.2, 0.25) is 0 Å². The molecule has 0 radical (unpaired) electrons. The quantitative estimate of drug-likeness (QED) is 0.611. The Bertz CT molecular complexity index is 180. The van der Waals surface area contributed by atoms with E-state index >= 15 is 0 Å². The molecule has 0 aromatic rings. The summed E-state index contributed by atoms with van der Waals surface area (Å²) in [6, 6.07) is -0.653. The average molecular weight is 172 g/mol. The molecular weight excluding hydrogens is 156 g/mol. The summed E-state index contributed by atoms with van der Waals surface area (Å²) < 4.78 is 0. The number of amides is 1. The summed E-state index contributed by atoms with van der Waals surface area (Å²) in [6.45, 7) is 4.86. The maximum atomic E-state index is 11.2. The second kappa shape index (κ2) is 4.87. The summed E-state index contributed by atoms with van der Waals surface area (Å²) in [5, 5.41) is 5.36. The fraction of sp³-hybridized carbons (Fsp3) is 0.750. The van der Waals surface area contributed by atoms with Crippen molar-refractivity contribution >= 4 is 11.7 Å². The molecule has 12 heavy (non-hydrogen) atoms. The number of hydrogen-bond acceptors (Lipinski definition) is 3. The maximum Gasteiger partial charge on any atom is 0.237 e. The largest absolute Gasteiger partial charge is 0.345 e. The fourth-order valence-corrected chi connectivity index (χ4v) is 0.571. The molecule has 1 amide bonds. The summed E-state index contributed by atoms with van der Waals surface area (Å²) in [7, 11) is 1.70. The Morgan fingerprint density at radius 2 is 1.67 bits per heavy atom. The molecule has 0 fully saturated rings. The lowest BCUT2D eigenvalue weighted by Crippen LogP contribution is -2.46. The first-order chi connectivity index (χ1) is 5.49. The molecule has 0 aliphatic carbocycles. The highest BCUT2D eigenvalue weighted by Gasteiger charge is 2.14. The topological polar surface area (TPSA) is 58.2 Å². The van der Waals surface area contributed by atoms with Crippen molar-refractivity contribution in [2.45, 2.75) is 32.9 Å². The molecule has 0 spiro atoms. The predicted octanol–water partition coefficient (Wildman–Crippen LogP) is -0.312. The van der Waals surface area contributed by atoms with E-state index in [1.54, 1.807) is 20.9 Å². The van der Waals surface area contributed by atoms with E-state index in [4.69, 9.17) is 0 Å². The van der Waals surface area contributed by atoms with Gasteiger partial charge in [0.05, 0.1) is 12.1 Å². The van der Waals surface area contributed by atoms with Gasteiger partial charge in [0, 0.05) is 0 Å². The minimum atomic E-state index is -0.395. The number of rotatable bonds is 4. The first-order valence-electron chi connectivity index (χ1n) is 3.97. The molecule has 0 rings (SSSR count). The third-order valence-electron chi connectivity index (χ3n) is 1.79. The van der Waals surface area contributed by atoms with Crippen LogP contribution in [0.3, 0.4) is 0 Å². The third kappa shape index (κ3) is 3.48. The Morgan fingerprint density at radius 3 is 2.00 bits per heavy atom. The first kappa shape index (κ1) is 11.1. The molecule has 0 saturated carbocycles. The van der Waals surface area contributed by atoms with Crippen molar-refractivity contribution in [3.8, 4) is 0 Å². The van der Waals surface area contributed by atoms with Crippen LogP contribution in [0.5, 0.6) is 0 Å². The summed E-state index contributed by atoms with van der Waals surface area (Å²) >= 11 is 0. The van der Waals surface area contributed by atoms with Gasteiger partial charge in [-0.3, -0.25) is 9.59 Å². The van der Waals surface area contributed by atoms with Crippen LogP contribution in [0.15, 0.2) is 0 Å². The number of carbonyl (C=O) groups excluding carboxylic acids is 2. The molecule has 4 nitrogen and oxygen atoms in total. The minimum Gasteiger partial charge on any atom is -0.345 e. The lowest BCUT2D eigenvalue weighted by molar-refractivity contribution is -0.127. The van der Waals surface area contributed by atoms with Crippen LogP contribution < -0.4 is 10.6 Å². The van der Waals surface area contributed by atoms with Crippen molar-refractivity contribution in [2.24, 2.45) is 0 Å². The van der Waals surface area contributed by atoms with Crippen molar-refractivity contribution in [3.05, 3.63) is 0 Å². The van der Waals surface area contributed by atoms with E-state index in [-0.39, 0.29) is 17.7 Å². The van der Waals surface area contributed by atoms with Gasteiger partial charge in [-0.2, -0.15) is 0 Å². The van der Waals surface area contributed by atoms with Crippen LogP contribution >= 0.6 is 0 Å². The zero-order valence-electron chi connectivity index (χ0n) is 7.97. The van der Waals surface area contributed by atoms with Gasteiger partial charge in [0.1, 0.15) is 0 Å². The van der Waals surface area contributed by atoms with E-state index in [2.05, 4.69) is 10.6 Å². The van der Waals surface area contributed by atoms with Gasteiger partial charge in [-0.15, -0.1) is 0 Å². The molecule has 2 atom stereocenters. The molecule has 2 N–H and O–H groups in total. The SMILES string of the molecule is CN[C@H](C)C(=O)N[C@H](C)C(C)=O. The van der Waals surface area contributed by atoms with Crippen LogP contribution in [0.4, 0.5) is 0 Å². The van der Waals surface area contributed by atoms with Gasteiger partial charge in [0.25, 0.3) is 0 Å². The van der Waals surface area contributed by atoms with E-state index < -0.39 is 6.04 Å². The van der Waals surface area contributed by atoms with E-state index in [0.717, 1.165) is 0 Å². The van der Waals surface area contributed by atoms with E-state index in [1.165, 1.54) is 6.92 Å². The molecule has 0 saturated heterocycles. The molecule has 0 bridgehead atoms. The Labute approximate surface area is 72.7 Å². The number of ketones is 1. The van der Waals surface area contributed by atoms with Gasteiger partial charge in [0.15, 0.2) is 5.78 Å². The van der Waals surface area contributed by atoms with Gasteiger partial charge in [0.2, 0.25) is 5.91 Å². The van der Waals surface area contributed by atoms with Crippen LogP contribution in [0, 0.1) is 0 Å². The number of nitrogens with one attached hydrogen (secondary N) is 2. The molecule has 4 heteroatoms. The molecule has 0 aliphatic rings. The average Bonchev–Trinajstić information content (AvgIpc) is 2.02. The third-order valence-corrected chi connectivity index (χ3v) is 1.79. The molecule has 70 valence electrons. The Hall–Kier alpha value is -0.900. The second-order valence-electron chi connectivity index (χ2n) is 2.85. The summed E-state index contributed by atoms with van der Waals surface area (Å²) in [5.41, 5.74) is 0. The predicted molar refractivity (Wildman–Crippen MR) is 46.8 cm³/mol. The van der Waals surface area contributed by atoms with Crippen molar-refractivity contribution in [1.82, 2.24) is 10.6 Å². The number of Topliss-reactive ketones (excluding diaryl/α,β-unsaturated/α-hetero) is 1. The number of hydrogen-bond donors (Lipinski definition) is 2. The zero-order valence-corrected chi connectivity index (χ0v) is 7.97. The standard InChI is InChI=1S/C8H16N2O2/c1-5(7(3)11)10-8(12)6(2)9-4/h5-6,9H,1-4H3,(H,10,12)/t5-,6-/m1/s1. The van der Waals surface area contributed by atoms with Gasteiger partial charge in [-0.05, 0) is 27.8 Å². The Kier molecular flexibility index (Phi) is 4.51. The van der Waals surface area contributed by atoms with Crippen LogP contribution in [0.1, 0.15) is 20.8 Å². The van der Waals surface area contributed by atoms with Gasteiger partial charge in [-0.1, -0.05) is 0 Å². The maximum absolute atomic E-state index is 11.2. The van der Waals surface area contributed by atoms with Crippen molar-refractivity contribution < 1.29 is 9.59 Å². The summed E-state index contributed by atoms with van der Waals surface area (Å²) in [6.07, 6.45) is 0. The van der Waals surface area contributed by atoms with Gasteiger partial charge in [-0.25, -0.2) is 0 Å². The fourth-order valence-electron chi connectivity index (χ4n) is 0.571. The highest BCUT2D eigenvalue weighted by atomic mass is 16.2. The normalized spacial score (nSPS) is 15.0. The molecule has 0 unspecified atom stereocenters. The van der Waals surface area contributed by atoms with E-state index in [0.29, 0.717) is 0 Å². The second-order valence-corrected chi connectivity index (χ2v) is 2.85. The van der Waals surface area contributed by atoms with Crippen LogP contribution in [-0.2, 0) is 9.59 Å². The molecule has 0 aliphatic heterocycles. The smallest absolute Gasteiger partial charge is 0.237 e. The summed E-state index contributed by atoms with van der Waals surface area (Å²) in [4.78, 5) is 21.9. The molecule has 0 heterocycles. The number of likely N-dealkylation sites (N-methyl/N-ethyl adjacent to an activating group) is 1. The van der Waals surface area contributed by atoms with Crippen LogP contribution in [0.25, 0.3) is 0 Å². The molecule has 0 aromatic carbocycles.